The normalized spacial score (nSPS) is 11.0. The summed E-state index contributed by atoms with van der Waals surface area (Å²) in [5.74, 6) is 1.04. The molecule has 0 aliphatic carbocycles. The highest BCUT2D eigenvalue weighted by molar-refractivity contribution is 6.03. The van der Waals surface area contributed by atoms with Gasteiger partial charge in [0.05, 0.1) is 7.11 Å². The SMILES string of the molecule is COc1ccc(Nc2ccc(C(=O)Nc3ccccc3C(C)(C)C)nn2)cc1. The van der Waals surface area contributed by atoms with E-state index in [1.54, 1.807) is 19.2 Å². The number of rotatable bonds is 5. The molecule has 0 radical (unpaired) electrons. The third kappa shape index (κ3) is 4.65. The highest BCUT2D eigenvalue weighted by Gasteiger charge is 2.19. The van der Waals surface area contributed by atoms with Crippen LogP contribution in [0.3, 0.4) is 0 Å². The molecule has 144 valence electrons. The largest absolute Gasteiger partial charge is 0.497 e. The minimum atomic E-state index is -0.291. The van der Waals surface area contributed by atoms with Crippen molar-refractivity contribution in [1.82, 2.24) is 10.2 Å². The van der Waals surface area contributed by atoms with Crippen LogP contribution in [-0.2, 0) is 5.41 Å². The molecular weight excluding hydrogens is 352 g/mol. The van der Waals surface area contributed by atoms with Gasteiger partial charge in [-0.1, -0.05) is 39.0 Å². The molecule has 3 rings (SSSR count). The van der Waals surface area contributed by atoms with Gasteiger partial charge >= 0.3 is 0 Å². The summed E-state index contributed by atoms with van der Waals surface area (Å²) in [6, 6.07) is 18.6. The molecule has 0 atom stereocenters. The number of nitrogens with zero attached hydrogens (tertiary/aromatic N) is 2. The van der Waals surface area contributed by atoms with E-state index in [-0.39, 0.29) is 17.0 Å². The lowest BCUT2D eigenvalue weighted by Gasteiger charge is -2.22. The van der Waals surface area contributed by atoms with Crippen LogP contribution in [0, 0.1) is 0 Å². The molecule has 2 N–H and O–H groups in total. The Morgan fingerprint density at radius 2 is 1.64 bits per heavy atom. The van der Waals surface area contributed by atoms with Crippen LogP contribution in [0.4, 0.5) is 17.2 Å². The first-order valence-corrected chi connectivity index (χ1v) is 9.02. The van der Waals surface area contributed by atoms with Gasteiger partial charge in [-0.3, -0.25) is 4.79 Å². The van der Waals surface area contributed by atoms with E-state index in [1.807, 2.05) is 48.5 Å². The summed E-state index contributed by atoms with van der Waals surface area (Å²) in [6.07, 6.45) is 0. The molecule has 0 aliphatic rings. The zero-order valence-corrected chi connectivity index (χ0v) is 16.5. The Morgan fingerprint density at radius 1 is 0.929 bits per heavy atom. The highest BCUT2D eigenvalue weighted by atomic mass is 16.5. The Labute approximate surface area is 165 Å². The third-order valence-corrected chi connectivity index (χ3v) is 4.24. The molecule has 1 heterocycles. The second-order valence-corrected chi connectivity index (χ2v) is 7.41. The summed E-state index contributed by atoms with van der Waals surface area (Å²) in [6.45, 7) is 6.33. The quantitative estimate of drug-likeness (QED) is 0.670. The van der Waals surface area contributed by atoms with Gasteiger partial charge in [0.1, 0.15) is 5.75 Å². The van der Waals surface area contributed by atoms with Gasteiger partial charge in [-0.2, -0.15) is 0 Å². The molecule has 6 nitrogen and oxygen atoms in total. The average Bonchev–Trinajstić information content (AvgIpc) is 2.69. The van der Waals surface area contributed by atoms with Crippen LogP contribution in [0.15, 0.2) is 60.7 Å². The summed E-state index contributed by atoms with van der Waals surface area (Å²) < 4.78 is 5.14. The predicted octanol–water partition coefficient (Wildman–Crippen LogP) is 4.78. The average molecular weight is 376 g/mol. The monoisotopic (exact) mass is 376 g/mol. The van der Waals surface area contributed by atoms with Gasteiger partial charge in [0, 0.05) is 11.4 Å². The maximum absolute atomic E-state index is 12.6. The zero-order chi connectivity index (χ0) is 20.1. The Balaban J connectivity index is 1.70. The fourth-order valence-corrected chi connectivity index (χ4v) is 2.77. The van der Waals surface area contributed by atoms with E-state index in [4.69, 9.17) is 4.74 Å². The second-order valence-electron chi connectivity index (χ2n) is 7.41. The van der Waals surface area contributed by atoms with Crippen molar-refractivity contribution in [3.63, 3.8) is 0 Å². The van der Waals surface area contributed by atoms with E-state index < -0.39 is 0 Å². The van der Waals surface area contributed by atoms with Gasteiger partial charge in [-0.05, 0) is 53.4 Å². The Kier molecular flexibility index (Phi) is 5.59. The van der Waals surface area contributed by atoms with Crippen molar-refractivity contribution < 1.29 is 9.53 Å². The van der Waals surface area contributed by atoms with Gasteiger partial charge in [-0.15, -0.1) is 10.2 Å². The third-order valence-electron chi connectivity index (χ3n) is 4.24. The number of carbonyl (C=O) groups is 1. The number of para-hydroxylation sites is 1. The summed E-state index contributed by atoms with van der Waals surface area (Å²) >= 11 is 0. The molecule has 28 heavy (non-hydrogen) atoms. The topological polar surface area (TPSA) is 76.1 Å². The van der Waals surface area contributed by atoms with Crippen LogP contribution in [0.2, 0.25) is 0 Å². The van der Waals surface area contributed by atoms with E-state index in [9.17, 15) is 4.79 Å². The van der Waals surface area contributed by atoms with E-state index in [0.717, 1.165) is 22.7 Å². The van der Waals surface area contributed by atoms with Crippen molar-refractivity contribution in [3.05, 3.63) is 71.9 Å². The Bertz CT molecular complexity index is 946. The molecule has 0 aliphatic heterocycles. The van der Waals surface area contributed by atoms with Gasteiger partial charge in [0.15, 0.2) is 11.5 Å². The second kappa shape index (κ2) is 8.08. The smallest absolute Gasteiger partial charge is 0.276 e. The van der Waals surface area contributed by atoms with Crippen LogP contribution in [0.1, 0.15) is 36.8 Å². The molecular formula is C22H24N4O2. The van der Waals surface area contributed by atoms with Crippen molar-refractivity contribution in [2.24, 2.45) is 0 Å². The molecule has 0 spiro atoms. The maximum Gasteiger partial charge on any atom is 0.276 e. The van der Waals surface area contributed by atoms with Crippen molar-refractivity contribution >= 4 is 23.1 Å². The number of benzene rings is 2. The number of hydrogen-bond donors (Lipinski definition) is 2. The molecule has 1 amide bonds. The van der Waals surface area contributed by atoms with Crippen LogP contribution in [-0.4, -0.2) is 23.2 Å². The number of ether oxygens (including phenoxy) is 1. The van der Waals surface area contributed by atoms with Crippen LogP contribution in [0.5, 0.6) is 5.75 Å². The number of nitrogens with one attached hydrogen (secondary N) is 2. The molecule has 0 fully saturated rings. The number of hydrogen-bond acceptors (Lipinski definition) is 5. The summed E-state index contributed by atoms with van der Waals surface area (Å²) in [7, 11) is 1.62. The van der Waals surface area contributed by atoms with E-state index in [1.165, 1.54) is 0 Å². The first kappa shape index (κ1) is 19.4. The van der Waals surface area contributed by atoms with Crippen molar-refractivity contribution in [2.45, 2.75) is 26.2 Å². The van der Waals surface area contributed by atoms with Gasteiger partial charge in [0.2, 0.25) is 0 Å². The lowest BCUT2D eigenvalue weighted by molar-refractivity contribution is 0.102. The Hall–Kier alpha value is -3.41. The molecule has 1 aromatic heterocycles. The van der Waals surface area contributed by atoms with Gasteiger partial charge < -0.3 is 15.4 Å². The number of aromatic nitrogens is 2. The number of methoxy groups -OCH3 is 1. The number of carbonyl (C=O) groups excluding carboxylic acids is 1. The number of anilines is 3. The predicted molar refractivity (Wildman–Crippen MR) is 111 cm³/mol. The van der Waals surface area contributed by atoms with Crippen LogP contribution >= 0.6 is 0 Å². The zero-order valence-electron chi connectivity index (χ0n) is 16.5. The highest BCUT2D eigenvalue weighted by Crippen LogP contribution is 2.29. The molecule has 0 saturated heterocycles. The first-order valence-electron chi connectivity index (χ1n) is 9.02. The summed E-state index contributed by atoms with van der Waals surface area (Å²) in [5.41, 5.74) is 2.87. The minimum absolute atomic E-state index is 0.0817. The molecule has 0 bridgehead atoms. The lowest BCUT2D eigenvalue weighted by atomic mass is 9.86. The van der Waals surface area contributed by atoms with Crippen LogP contribution < -0.4 is 15.4 Å². The van der Waals surface area contributed by atoms with E-state index in [2.05, 4.69) is 41.6 Å². The van der Waals surface area contributed by atoms with Crippen molar-refractivity contribution in [1.29, 1.82) is 0 Å². The van der Waals surface area contributed by atoms with E-state index in [0.29, 0.717) is 5.82 Å². The summed E-state index contributed by atoms with van der Waals surface area (Å²) in [5, 5.41) is 14.2. The minimum Gasteiger partial charge on any atom is -0.497 e. The van der Waals surface area contributed by atoms with Gasteiger partial charge in [0.25, 0.3) is 5.91 Å². The maximum atomic E-state index is 12.6. The number of amides is 1. The fraction of sp³-hybridized carbons (Fsp3) is 0.227. The van der Waals surface area contributed by atoms with E-state index >= 15 is 0 Å². The van der Waals surface area contributed by atoms with Gasteiger partial charge in [-0.25, -0.2) is 0 Å². The molecule has 3 aromatic rings. The van der Waals surface area contributed by atoms with Crippen molar-refractivity contribution in [2.75, 3.05) is 17.7 Å². The standard InChI is InChI=1S/C22H24N4O2/c1-22(2,3)17-7-5-6-8-18(17)24-21(27)19-13-14-20(26-25-19)23-15-9-11-16(28-4)12-10-15/h5-14H,1-4H3,(H,23,26)(H,24,27). The van der Waals surface area contributed by atoms with Crippen molar-refractivity contribution in [3.8, 4) is 5.75 Å². The molecule has 2 aromatic carbocycles. The summed E-state index contributed by atoms with van der Waals surface area (Å²) in [4.78, 5) is 12.6. The fourth-order valence-electron chi connectivity index (χ4n) is 2.77. The molecule has 6 heteroatoms. The lowest BCUT2D eigenvalue weighted by Crippen LogP contribution is -2.19. The Morgan fingerprint density at radius 3 is 2.25 bits per heavy atom. The molecule has 0 saturated carbocycles. The van der Waals surface area contributed by atoms with Crippen LogP contribution in [0.25, 0.3) is 0 Å². The first-order chi connectivity index (χ1) is 13.4. The molecule has 0 unspecified atom stereocenters.